The van der Waals surface area contributed by atoms with Gasteiger partial charge in [0.2, 0.25) is 10.0 Å². The Balaban J connectivity index is 2.51. The normalized spacial score (nSPS) is 18.4. The van der Waals surface area contributed by atoms with Crippen LogP contribution in [-0.4, -0.2) is 37.0 Å². The lowest BCUT2D eigenvalue weighted by atomic mass is 10.2. The predicted octanol–water partition coefficient (Wildman–Crippen LogP) is 1.72. The van der Waals surface area contributed by atoms with Crippen molar-refractivity contribution >= 4 is 21.6 Å². The third-order valence-corrected chi connectivity index (χ3v) is 4.82. The number of rotatable bonds is 2. The highest BCUT2D eigenvalue weighted by atomic mass is 35.5. The van der Waals surface area contributed by atoms with Gasteiger partial charge in [-0.25, -0.2) is 8.42 Å². The van der Waals surface area contributed by atoms with E-state index in [1.165, 1.54) is 0 Å². The van der Waals surface area contributed by atoms with E-state index in [-0.39, 0.29) is 18.1 Å². The molecule has 1 fully saturated rings. The molecule has 1 aliphatic heterocycles. The molecule has 1 aliphatic rings. The zero-order valence-electron chi connectivity index (χ0n) is 9.35. The van der Waals surface area contributed by atoms with Gasteiger partial charge in [0.05, 0.1) is 16.6 Å². The lowest BCUT2D eigenvalue weighted by Crippen LogP contribution is -2.53. The Bertz CT molecular complexity index is 597. The monoisotopic (exact) mass is 315 g/mol. The van der Waals surface area contributed by atoms with Crippen LogP contribution in [0.2, 0.25) is 5.02 Å². The van der Waals surface area contributed by atoms with Crippen LogP contribution in [0.3, 0.4) is 0 Å². The number of alkyl halides is 3. The number of β-amino-alcohol motifs (C(OH)–C–C–N with tert-alkyl or cyclic N) is 1. The van der Waals surface area contributed by atoms with Crippen molar-refractivity contribution in [3.8, 4) is 0 Å². The van der Waals surface area contributed by atoms with Gasteiger partial charge in [-0.15, -0.1) is 0 Å². The van der Waals surface area contributed by atoms with Crippen molar-refractivity contribution in [1.29, 1.82) is 0 Å². The molecule has 0 radical (unpaired) electrons. The van der Waals surface area contributed by atoms with E-state index in [0.29, 0.717) is 6.07 Å². The first-order chi connectivity index (χ1) is 8.62. The Kier molecular flexibility index (Phi) is 3.54. The summed E-state index contributed by atoms with van der Waals surface area (Å²) in [6, 6.07) is 2.48. The van der Waals surface area contributed by atoms with E-state index < -0.39 is 32.8 Å². The Morgan fingerprint density at radius 2 is 1.89 bits per heavy atom. The maximum absolute atomic E-state index is 12.8. The van der Waals surface area contributed by atoms with Crippen molar-refractivity contribution in [2.75, 3.05) is 13.1 Å². The van der Waals surface area contributed by atoms with Crippen LogP contribution in [0, 0.1) is 0 Å². The highest BCUT2D eigenvalue weighted by Crippen LogP contribution is 2.37. The summed E-state index contributed by atoms with van der Waals surface area (Å²) < 4.78 is 63.3. The summed E-state index contributed by atoms with van der Waals surface area (Å²) in [7, 11) is -4.27. The number of nitrogens with zero attached hydrogens (tertiary/aromatic N) is 1. The molecule has 0 bridgehead atoms. The molecular formula is C10H9ClF3NO3S. The number of aliphatic hydroxyl groups is 1. The highest BCUT2D eigenvalue weighted by Gasteiger charge is 2.42. The second-order valence-electron chi connectivity index (χ2n) is 4.11. The van der Waals surface area contributed by atoms with Gasteiger partial charge in [-0.1, -0.05) is 11.6 Å². The molecule has 1 saturated heterocycles. The first kappa shape index (κ1) is 14.6. The molecule has 0 unspecified atom stereocenters. The van der Waals surface area contributed by atoms with Crippen LogP contribution in [0.25, 0.3) is 0 Å². The third-order valence-electron chi connectivity index (χ3n) is 2.69. The van der Waals surface area contributed by atoms with E-state index in [1.807, 2.05) is 0 Å². The lowest BCUT2D eigenvalue weighted by Gasteiger charge is -2.35. The van der Waals surface area contributed by atoms with E-state index in [4.69, 9.17) is 16.7 Å². The molecule has 4 nitrogen and oxygen atoms in total. The van der Waals surface area contributed by atoms with E-state index in [0.717, 1.165) is 16.4 Å². The molecular weight excluding hydrogens is 307 g/mol. The Labute approximate surface area is 112 Å². The SMILES string of the molecule is O=S(=O)(c1ccc(Cl)cc1C(F)(F)F)N1CC(O)C1. The standard InChI is InChI=1S/C10H9ClF3NO3S/c11-6-1-2-9(8(3-6)10(12,13)14)19(17,18)15-4-7(16)5-15/h1-3,7,16H,4-5H2. The van der Waals surface area contributed by atoms with Crippen LogP contribution in [0.5, 0.6) is 0 Å². The Morgan fingerprint density at radius 1 is 1.32 bits per heavy atom. The number of hydrogen-bond donors (Lipinski definition) is 1. The van der Waals surface area contributed by atoms with E-state index in [9.17, 15) is 21.6 Å². The molecule has 1 heterocycles. The third kappa shape index (κ3) is 2.71. The summed E-state index contributed by atoms with van der Waals surface area (Å²) in [5, 5.41) is 8.85. The average molecular weight is 316 g/mol. The number of halogens is 4. The van der Waals surface area contributed by atoms with Crippen LogP contribution in [0.1, 0.15) is 5.56 Å². The maximum atomic E-state index is 12.8. The maximum Gasteiger partial charge on any atom is 0.417 e. The Morgan fingerprint density at radius 3 is 2.37 bits per heavy atom. The molecule has 1 N–H and O–H groups in total. The van der Waals surface area contributed by atoms with Gasteiger partial charge in [-0.3, -0.25) is 0 Å². The van der Waals surface area contributed by atoms with Gasteiger partial charge in [0.25, 0.3) is 0 Å². The highest BCUT2D eigenvalue weighted by molar-refractivity contribution is 7.89. The zero-order valence-corrected chi connectivity index (χ0v) is 10.9. The molecule has 0 aliphatic carbocycles. The minimum Gasteiger partial charge on any atom is -0.390 e. The molecule has 9 heteroatoms. The minimum absolute atomic E-state index is 0.199. The fraction of sp³-hybridized carbons (Fsp3) is 0.400. The molecule has 19 heavy (non-hydrogen) atoms. The summed E-state index contributed by atoms with van der Waals surface area (Å²) in [6.07, 6.45) is -5.66. The summed E-state index contributed by atoms with van der Waals surface area (Å²) >= 11 is 5.48. The van der Waals surface area contributed by atoms with Crippen LogP contribution in [0.15, 0.2) is 23.1 Å². The van der Waals surface area contributed by atoms with Gasteiger partial charge in [-0.2, -0.15) is 17.5 Å². The molecule has 0 atom stereocenters. The fourth-order valence-corrected chi connectivity index (χ4v) is 3.58. The minimum atomic E-state index is -4.82. The van der Waals surface area contributed by atoms with Gasteiger partial charge in [0.1, 0.15) is 0 Å². The number of sulfonamides is 1. The van der Waals surface area contributed by atoms with Gasteiger partial charge in [0.15, 0.2) is 0 Å². The van der Waals surface area contributed by atoms with Gasteiger partial charge < -0.3 is 5.11 Å². The van der Waals surface area contributed by atoms with Crippen LogP contribution >= 0.6 is 11.6 Å². The van der Waals surface area contributed by atoms with E-state index in [2.05, 4.69) is 0 Å². The van der Waals surface area contributed by atoms with Crippen LogP contribution in [-0.2, 0) is 16.2 Å². The van der Waals surface area contributed by atoms with Crippen LogP contribution < -0.4 is 0 Å². The van der Waals surface area contributed by atoms with Crippen molar-refractivity contribution in [1.82, 2.24) is 4.31 Å². The second-order valence-corrected chi connectivity index (χ2v) is 6.46. The van der Waals surface area contributed by atoms with Gasteiger partial charge >= 0.3 is 6.18 Å². The van der Waals surface area contributed by atoms with Crippen molar-refractivity contribution < 1.29 is 26.7 Å². The molecule has 2 rings (SSSR count). The summed E-state index contributed by atoms with van der Waals surface area (Å²) in [4.78, 5) is -0.851. The fourth-order valence-electron chi connectivity index (χ4n) is 1.70. The van der Waals surface area contributed by atoms with Gasteiger partial charge in [0, 0.05) is 18.1 Å². The first-order valence-corrected chi connectivity index (χ1v) is 6.99. The zero-order chi connectivity index (χ0) is 14.4. The Hall–Kier alpha value is -0.830. The number of benzene rings is 1. The van der Waals surface area contributed by atoms with E-state index in [1.54, 1.807) is 0 Å². The summed E-state index contributed by atoms with van der Waals surface area (Å²) in [5.74, 6) is 0. The molecule has 1 aromatic carbocycles. The van der Waals surface area contributed by atoms with E-state index >= 15 is 0 Å². The van der Waals surface area contributed by atoms with Crippen molar-refractivity contribution in [2.45, 2.75) is 17.2 Å². The first-order valence-electron chi connectivity index (χ1n) is 5.17. The molecule has 0 spiro atoms. The van der Waals surface area contributed by atoms with Crippen LogP contribution in [0.4, 0.5) is 13.2 Å². The largest absolute Gasteiger partial charge is 0.417 e. The predicted molar refractivity (Wildman–Crippen MR) is 61.2 cm³/mol. The topological polar surface area (TPSA) is 57.6 Å². The average Bonchev–Trinajstić information content (AvgIpc) is 2.23. The summed E-state index contributed by atoms with van der Waals surface area (Å²) in [6.45, 7) is -0.412. The van der Waals surface area contributed by atoms with Crippen molar-refractivity contribution in [3.63, 3.8) is 0 Å². The second kappa shape index (κ2) is 4.62. The molecule has 1 aromatic rings. The quantitative estimate of drug-likeness (QED) is 0.904. The smallest absolute Gasteiger partial charge is 0.390 e. The van der Waals surface area contributed by atoms with Crippen molar-refractivity contribution in [3.05, 3.63) is 28.8 Å². The molecule has 0 saturated carbocycles. The lowest BCUT2D eigenvalue weighted by molar-refractivity contribution is -0.139. The number of aliphatic hydroxyl groups excluding tert-OH is 1. The summed E-state index contributed by atoms with van der Waals surface area (Å²) in [5.41, 5.74) is -1.30. The molecule has 106 valence electrons. The molecule has 0 amide bonds. The number of hydrogen-bond acceptors (Lipinski definition) is 3. The van der Waals surface area contributed by atoms with Gasteiger partial charge in [-0.05, 0) is 18.2 Å². The van der Waals surface area contributed by atoms with Crippen molar-refractivity contribution in [2.24, 2.45) is 0 Å². The molecule has 0 aromatic heterocycles.